The molecule has 0 bridgehead atoms. The lowest BCUT2D eigenvalue weighted by atomic mass is 10.1. The van der Waals surface area contributed by atoms with Crippen LogP contribution in [0.3, 0.4) is 0 Å². The van der Waals surface area contributed by atoms with E-state index in [9.17, 15) is 14.0 Å². The molecule has 1 aliphatic heterocycles. The molecule has 0 atom stereocenters. The number of amides is 2. The molecule has 9 heteroatoms. The Balaban J connectivity index is 1.21. The number of hydrogen-bond donors (Lipinski definition) is 2. The second-order valence-electron chi connectivity index (χ2n) is 7.04. The van der Waals surface area contributed by atoms with Gasteiger partial charge < -0.3 is 10.2 Å². The van der Waals surface area contributed by atoms with Crippen molar-refractivity contribution in [3.63, 3.8) is 0 Å². The molecule has 0 radical (unpaired) electrons. The van der Waals surface area contributed by atoms with Gasteiger partial charge in [0.05, 0.1) is 10.6 Å². The molecule has 2 amide bonds. The minimum absolute atomic E-state index is 0.0918. The molecule has 30 heavy (non-hydrogen) atoms. The summed E-state index contributed by atoms with van der Waals surface area (Å²) < 4.78 is 13.0. The summed E-state index contributed by atoms with van der Waals surface area (Å²) in [6.45, 7) is 4.16. The molecule has 7 nitrogen and oxygen atoms in total. The number of hydrogen-bond acceptors (Lipinski definition) is 5. The number of nitrogens with one attached hydrogen (secondary N) is 2. The van der Waals surface area contributed by atoms with Crippen LogP contribution in [-0.2, 0) is 0 Å². The van der Waals surface area contributed by atoms with Gasteiger partial charge in [-0.3, -0.25) is 19.6 Å². The van der Waals surface area contributed by atoms with Gasteiger partial charge in [0, 0.05) is 44.8 Å². The van der Waals surface area contributed by atoms with Crippen LogP contribution in [0.1, 0.15) is 20.2 Å². The first-order valence-corrected chi connectivity index (χ1v) is 10.6. The van der Waals surface area contributed by atoms with E-state index in [0.29, 0.717) is 37.6 Å². The van der Waals surface area contributed by atoms with E-state index >= 15 is 0 Å². The molecule has 1 aromatic carbocycles. The quantitative estimate of drug-likeness (QED) is 0.633. The standard InChI is InChI=1S/C21H22FN5O2S/c22-16-5-3-15(4-6-16)17-14-18(25-24-17)20(28)23-7-8-26-9-11-27(12-10-26)21(29)19-2-1-13-30-19/h1-6,13-14H,7-12H2,(H,23,28)(H,24,25). The maximum Gasteiger partial charge on any atom is 0.269 e. The third-order valence-electron chi connectivity index (χ3n) is 5.07. The Morgan fingerprint density at radius 3 is 2.60 bits per heavy atom. The first-order chi connectivity index (χ1) is 14.6. The van der Waals surface area contributed by atoms with Crippen molar-refractivity contribution >= 4 is 23.2 Å². The van der Waals surface area contributed by atoms with E-state index in [-0.39, 0.29) is 17.6 Å². The summed E-state index contributed by atoms with van der Waals surface area (Å²) in [5.74, 6) is -0.458. The number of halogens is 1. The monoisotopic (exact) mass is 427 g/mol. The summed E-state index contributed by atoms with van der Waals surface area (Å²) in [4.78, 5) is 29.6. The average Bonchev–Trinajstić information content (AvgIpc) is 3.47. The molecule has 1 saturated heterocycles. The van der Waals surface area contributed by atoms with Gasteiger partial charge in [-0.05, 0) is 41.8 Å². The second kappa shape index (κ2) is 9.19. The van der Waals surface area contributed by atoms with Gasteiger partial charge in [0.2, 0.25) is 0 Å². The molecule has 1 fully saturated rings. The second-order valence-corrected chi connectivity index (χ2v) is 7.99. The molecule has 4 rings (SSSR count). The van der Waals surface area contributed by atoms with Gasteiger partial charge in [-0.15, -0.1) is 11.3 Å². The Morgan fingerprint density at radius 1 is 1.13 bits per heavy atom. The van der Waals surface area contributed by atoms with Gasteiger partial charge in [0.1, 0.15) is 11.5 Å². The Hall–Kier alpha value is -3.04. The number of aromatic nitrogens is 2. The van der Waals surface area contributed by atoms with Crippen LogP contribution in [0.4, 0.5) is 4.39 Å². The molecular formula is C21H22FN5O2S. The Morgan fingerprint density at radius 2 is 1.90 bits per heavy atom. The largest absolute Gasteiger partial charge is 0.349 e. The lowest BCUT2D eigenvalue weighted by Crippen LogP contribution is -2.50. The highest BCUT2D eigenvalue weighted by Crippen LogP contribution is 2.18. The van der Waals surface area contributed by atoms with Crippen molar-refractivity contribution in [3.8, 4) is 11.3 Å². The fourth-order valence-electron chi connectivity index (χ4n) is 3.36. The van der Waals surface area contributed by atoms with E-state index in [0.717, 1.165) is 23.5 Å². The zero-order valence-corrected chi connectivity index (χ0v) is 17.1. The van der Waals surface area contributed by atoms with Crippen molar-refractivity contribution in [3.05, 3.63) is 64.2 Å². The topological polar surface area (TPSA) is 81.3 Å². The van der Waals surface area contributed by atoms with E-state index in [1.54, 1.807) is 18.2 Å². The van der Waals surface area contributed by atoms with E-state index in [4.69, 9.17) is 0 Å². The highest BCUT2D eigenvalue weighted by atomic mass is 32.1. The van der Waals surface area contributed by atoms with Crippen molar-refractivity contribution in [2.75, 3.05) is 39.3 Å². The fourth-order valence-corrected chi connectivity index (χ4v) is 4.05. The molecular weight excluding hydrogens is 405 g/mol. The summed E-state index contributed by atoms with van der Waals surface area (Å²) in [6.07, 6.45) is 0. The van der Waals surface area contributed by atoms with Crippen LogP contribution in [0.2, 0.25) is 0 Å². The zero-order valence-electron chi connectivity index (χ0n) is 16.3. The molecule has 0 unspecified atom stereocenters. The molecule has 0 aliphatic carbocycles. The minimum atomic E-state index is -0.316. The Labute approximate surface area is 177 Å². The van der Waals surface area contributed by atoms with Gasteiger partial charge in [0.25, 0.3) is 11.8 Å². The zero-order chi connectivity index (χ0) is 20.9. The van der Waals surface area contributed by atoms with Crippen LogP contribution >= 0.6 is 11.3 Å². The van der Waals surface area contributed by atoms with Gasteiger partial charge in [-0.1, -0.05) is 6.07 Å². The lowest BCUT2D eigenvalue weighted by molar-refractivity contribution is 0.0642. The van der Waals surface area contributed by atoms with Crippen LogP contribution in [0, 0.1) is 5.82 Å². The number of carbonyl (C=O) groups is 2. The van der Waals surface area contributed by atoms with Crippen molar-refractivity contribution < 1.29 is 14.0 Å². The summed E-state index contributed by atoms with van der Waals surface area (Å²) in [5.41, 5.74) is 1.69. The number of nitrogens with zero attached hydrogens (tertiary/aromatic N) is 3. The van der Waals surface area contributed by atoms with Gasteiger partial charge in [0.15, 0.2) is 0 Å². The molecule has 156 valence electrons. The highest BCUT2D eigenvalue weighted by molar-refractivity contribution is 7.12. The molecule has 0 spiro atoms. The van der Waals surface area contributed by atoms with Crippen LogP contribution in [0.25, 0.3) is 11.3 Å². The summed E-state index contributed by atoms with van der Waals surface area (Å²) in [6, 6.07) is 11.4. The van der Waals surface area contributed by atoms with E-state index in [1.165, 1.54) is 23.5 Å². The molecule has 2 aromatic heterocycles. The van der Waals surface area contributed by atoms with Crippen molar-refractivity contribution in [2.24, 2.45) is 0 Å². The maximum atomic E-state index is 13.0. The van der Waals surface area contributed by atoms with Gasteiger partial charge in [-0.25, -0.2) is 4.39 Å². The Bertz CT molecular complexity index is 995. The molecule has 3 aromatic rings. The van der Waals surface area contributed by atoms with Crippen molar-refractivity contribution in [1.29, 1.82) is 0 Å². The molecule has 3 heterocycles. The summed E-state index contributed by atoms with van der Waals surface area (Å²) in [5, 5.41) is 11.6. The van der Waals surface area contributed by atoms with Crippen LogP contribution < -0.4 is 5.32 Å². The van der Waals surface area contributed by atoms with Crippen LogP contribution in [-0.4, -0.2) is 71.1 Å². The van der Waals surface area contributed by atoms with E-state index < -0.39 is 0 Å². The average molecular weight is 428 g/mol. The van der Waals surface area contributed by atoms with Gasteiger partial charge >= 0.3 is 0 Å². The third-order valence-corrected chi connectivity index (χ3v) is 5.93. The van der Waals surface area contributed by atoms with Gasteiger partial charge in [-0.2, -0.15) is 5.10 Å². The number of piperazine rings is 1. The highest BCUT2D eigenvalue weighted by Gasteiger charge is 2.22. The third kappa shape index (κ3) is 4.74. The molecule has 1 aliphatic rings. The van der Waals surface area contributed by atoms with E-state index in [2.05, 4.69) is 20.4 Å². The SMILES string of the molecule is O=C(NCCN1CCN(C(=O)c2cccs2)CC1)c1cc(-c2ccc(F)cc2)n[nH]1. The van der Waals surface area contributed by atoms with E-state index in [1.807, 2.05) is 22.4 Å². The predicted molar refractivity (Wildman–Crippen MR) is 113 cm³/mol. The maximum absolute atomic E-state index is 13.0. The van der Waals surface area contributed by atoms with Crippen LogP contribution in [0.5, 0.6) is 0 Å². The number of carbonyl (C=O) groups excluding carboxylic acids is 2. The molecule has 0 saturated carbocycles. The summed E-state index contributed by atoms with van der Waals surface area (Å²) >= 11 is 1.46. The Kier molecular flexibility index (Phi) is 6.20. The van der Waals surface area contributed by atoms with Crippen molar-refractivity contribution in [1.82, 2.24) is 25.3 Å². The smallest absolute Gasteiger partial charge is 0.269 e. The van der Waals surface area contributed by atoms with Crippen molar-refractivity contribution in [2.45, 2.75) is 0 Å². The minimum Gasteiger partial charge on any atom is -0.349 e. The normalized spacial score (nSPS) is 14.6. The number of H-pyrrole nitrogens is 1. The first-order valence-electron chi connectivity index (χ1n) is 9.75. The fraction of sp³-hybridized carbons (Fsp3) is 0.286. The lowest BCUT2D eigenvalue weighted by Gasteiger charge is -2.34. The number of aromatic amines is 1. The predicted octanol–water partition coefficient (Wildman–Crippen LogP) is 2.47. The number of rotatable bonds is 6. The summed E-state index contributed by atoms with van der Waals surface area (Å²) in [7, 11) is 0. The first kappa shape index (κ1) is 20.2. The van der Waals surface area contributed by atoms with Crippen LogP contribution in [0.15, 0.2) is 47.8 Å². The molecule has 2 N–H and O–H groups in total. The number of thiophene rings is 1. The number of benzene rings is 1.